The molecule has 2 rings (SSSR count). The van der Waals surface area contributed by atoms with Crippen molar-refractivity contribution in [1.29, 1.82) is 0 Å². The standard InChI is InChI=1S/C10H8Br2N2O2/c1-6-9(12)10(15)14(5-13-6)4-7-2-3-8(11)16-7/h2-3,5H,4H2,1H3. The first kappa shape index (κ1) is 11.6. The molecule has 0 aliphatic rings. The fourth-order valence-electron chi connectivity index (χ4n) is 1.26. The minimum Gasteiger partial charge on any atom is -0.452 e. The van der Waals surface area contributed by atoms with Crippen LogP contribution in [0, 0.1) is 6.92 Å². The fourth-order valence-corrected chi connectivity index (χ4v) is 1.93. The van der Waals surface area contributed by atoms with Gasteiger partial charge in [-0.05, 0) is 50.9 Å². The largest absolute Gasteiger partial charge is 0.452 e. The molecule has 0 saturated heterocycles. The molecule has 0 aliphatic heterocycles. The van der Waals surface area contributed by atoms with Gasteiger partial charge in [0, 0.05) is 0 Å². The molecule has 6 heteroatoms. The number of aryl methyl sites for hydroxylation is 1. The van der Waals surface area contributed by atoms with Crippen molar-refractivity contribution >= 4 is 31.9 Å². The summed E-state index contributed by atoms with van der Waals surface area (Å²) in [4.78, 5) is 15.9. The van der Waals surface area contributed by atoms with Crippen molar-refractivity contribution in [3.05, 3.63) is 49.4 Å². The molecule has 0 atom stereocenters. The lowest BCUT2D eigenvalue weighted by Crippen LogP contribution is -2.22. The van der Waals surface area contributed by atoms with Crippen molar-refractivity contribution in [3.63, 3.8) is 0 Å². The molecule has 2 heterocycles. The fraction of sp³-hybridized carbons (Fsp3) is 0.200. The van der Waals surface area contributed by atoms with Gasteiger partial charge < -0.3 is 4.42 Å². The average Bonchev–Trinajstić information content (AvgIpc) is 2.65. The van der Waals surface area contributed by atoms with E-state index in [1.165, 1.54) is 10.9 Å². The molecular weight excluding hydrogens is 340 g/mol. The summed E-state index contributed by atoms with van der Waals surface area (Å²) in [5.41, 5.74) is 0.571. The maximum Gasteiger partial charge on any atom is 0.268 e. The predicted molar refractivity (Wildman–Crippen MR) is 66.4 cm³/mol. The molecule has 0 fully saturated rings. The Balaban J connectivity index is 2.36. The highest BCUT2D eigenvalue weighted by Crippen LogP contribution is 2.15. The topological polar surface area (TPSA) is 48.0 Å². The Hall–Kier alpha value is -0.880. The van der Waals surface area contributed by atoms with Crippen LogP contribution in [-0.2, 0) is 6.54 Å². The van der Waals surface area contributed by atoms with Gasteiger partial charge in [-0.15, -0.1) is 0 Å². The number of furan rings is 1. The molecule has 0 radical (unpaired) electrons. The maximum atomic E-state index is 11.8. The zero-order chi connectivity index (χ0) is 11.7. The summed E-state index contributed by atoms with van der Waals surface area (Å²) >= 11 is 6.42. The van der Waals surface area contributed by atoms with Crippen LogP contribution in [0.4, 0.5) is 0 Å². The van der Waals surface area contributed by atoms with E-state index in [0.29, 0.717) is 27.1 Å². The molecule has 2 aromatic rings. The van der Waals surface area contributed by atoms with Crippen LogP contribution >= 0.6 is 31.9 Å². The average molecular weight is 348 g/mol. The quantitative estimate of drug-likeness (QED) is 0.839. The Morgan fingerprint density at radius 2 is 2.19 bits per heavy atom. The van der Waals surface area contributed by atoms with Gasteiger partial charge in [0.1, 0.15) is 10.2 Å². The van der Waals surface area contributed by atoms with Crippen LogP contribution in [0.3, 0.4) is 0 Å². The number of hydrogen-bond acceptors (Lipinski definition) is 3. The van der Waals surface area contributed by atoms with E-state index in [1.54, 1.807) is 13.0 Å². The Labute approximate surface area is 109 Å². The maximum absolute atomic E-state index is 11.8. The summed E-state index contributed by atoms with van der Waals surface area (Å²) in [5.74, 6) is 0.700. The lowest BCUT2D eigenvalue weighted by atomic mass is 10.4. The summed E-state index contributed by atoms with van der Waals surface area (Å²) < 4.78 is 7.95. The molecule has 0 N–H and O–H groups in total. The van der Waals surface area contributed by atoms with Crippen molar-refractivity contribution in [2.45, 2.75) is 13.5 Å². The van der Waals surface area contributed by atoms with E-state index < -0.39 is 0 Å². The zero-order valence-electron chi connectivity index (χ0n) is 8.41. The van der Waals surface area contributed by atoms with Gasteiger partial charge in [-0.3, -0.25) is 9.36 Å². The molecular formula is C10H8Br2N2O2. The van der Waals surface area contributed by atoms with Gasteiger partial charge in [0.05, 0.1) is 18.6 Å². The molecule has 0 amide bonds. The van der Waals surface area contributed by atoms with Crippen LogP contribution in [0.15, 0.2) is 36.8 Å². The van der Waals surface area contributed by atoms with Gasteiger partial charge in [0.25, 0.3) is 5.56 Å². The van der Waals surface area contributed by atoms with E-state index >= 15 is 0 Å². The van der Waals surface area contributed by atoms with Gasteiger partial charge in [-0.2, -0.15) is 0 Å². The first-order valence-electron chi connectivity index (χ1n) is 4.53. The number of hydrogen-bond donors (Lipinski definition) is 0. The molecule has 0 bridgehead atoms. The summed E-state index contributed by atoms with van der Waals surface area (Å²) in [5, 5.41) is 0. The van der Waals surface area contributed by atoms with Gasteiger partial charge in [-0.1, -0.05) is 0 Å². The second-order valence-electron chi connectivity index (χ2n) is 3.28. The van der Waals surface area contributed by atoms with Crippen LogP contribution in [0.25, 0.3) is 0 Å². The Kier molecular flexibility index (Phi) is 3.30. The minimum atomic E-state index is -0.111. The summed E-state index contributed by atoms with van der Waals surface area (Å²) in [7, 11) is 0. The first-order valence-corrected chi connectivity index (χ1v) is 6.12. The SMILES string of the molecule is Cc1ncn(Cc2ccc(Br)o2)c(=O)c1Br. The third-order valence-corrected chi connectivity index (χ3v) is 3.45. The lowest BCUT2D eigenvalue weighted by molar-refractivity contribution is 0.469. The number of nitrogens with zero attached hydrogens (tertiary/aromatic N) is 2. The highest BCUT2D eigenvalue weighted by atomic mass is 79.9. The molecule has 0 unspecified atom stereocenters. The van der Waals surface area contributed by atoms with E-state index in [0.717, 1.165) is 0 Å². The smallest absolute Gasteiger partial charge is 0.268 e. The van der Waals surface area contributed by atoms with Crippen molar-refractivity contribution < 1.29 is 4.42 Å². The molecule has 2 aromatic heterocycles. The van der Waals surface area contributed by atoms with Crippen LogP contribution in [0.5, 0.6) is 0 Å². The number of rotatable bonds is 2. The lowest BCUT2D eigenvalue weighted by Gasteiger charge is -2.04. The zero-order valence-corrected chi connectivity index (χ0v) is 11.6. The highest BCUT2D eigenvalue weighted by Gasteiger charge is 2.07. The van der Waals surface area contributed by atoms with E-state index in [9.17, 15) is 4.79 Å². The van der Waals surface area contributed by atoms with Crippen molar-refractivity contribution in [2.75, 3.05) is 0 Å². The molecule has 0 spiro atoms. The van der Waals surface area contributed by atoms with Crippen LogP contribution < -0.4 is 5.56 Å². The molecule has 0 saturated carbocycles. The third-order valence-electron chi connectivity index (χ3n) is 2.11. The summed E-state index contributed by atoms with van der Waals surface area (Å²) in [6.07, 6.45) is 1.51. The Bertz CT molecular complexity index is 574. The molecule has 16 heavy (non-hydrogen) atoms. The summed E-state index contributed by atoms with van der Waals surface area (Å²) in [6, 6.07) is 3.60. The van der Waals surface area contributed by atoms with Crippen molar-refractivity contribution in [3.8, 4) is 0 Å². The second-order valence-corrected chi connectivity index (χ2v) is 4.86. The van der Waals surface area contributed by atoms with Crippen LogP contribution in [0.1, 0.15) is 11.5 Å². The Morgan fingerprint density at radius 3 is 2.81 bits per heavy atom. The molecule has 0 aliphatic carbocycles. The van der Waals surface area contributed by atoms with Gasteiger partial charge in [-0.25, -0.2) is 4.98 Å². The number of halogens is 2. The highest BCUT2D eigenvalue weighted by molar-refractivity contribution is 9.10. The van der Waals surface area contributed by atoms with Gasteiger partial charge in [0.15, 0.2) is 4.67 Å². The van der Waals surface area contributed by atoms with E-state index in [4.69, 9.17) is 4.42 Å². The number of aromatic nitrogens is 2. The van der Waals surface area contributed by atoms with Crippen molar-refractivity contribution in [2.24, 2.45) is 0 Å². The molecule has 4 nitrogen and oxygen atoms in total. The van der Waals surface area contributed by atoms with Crippen LogP contribution in [0.2, 0.25) is 0 Å². The molecule has 0 aromatic carbocycles. The minimum absolute atomic E-state index is 0.111. The predicted octanol–water partition coefficient (Wildman–Crippen LogP) is 2.72. The van der Waals surface area contributed by atoms with Crippen LogP contribution in [-0.4, -0.2) is 9.55 Å². The first-order chi connectivity index (χ1) is 7.58. The Morgan fingerprint density at radius 1 is 1.44 bits per heavy atom. The van der Waals surface area contributed by atoms with E-state index in [1.807, 2.05) is 6.07 Å². The normalized spacial score (nSPS) is 10.7. The van der Waals surface area contributed by atoms with Crippen molar-refractivity contribution in [1.82, 2.24) is 9.55 Å². The summed E-state index contributed by atoms with van der Waals surface area (Å²) in [6.45, 7) is 2.15. The van der Waals surface area contributed by atoms with E-state index in [2.05, 4.69) is 36.8 Å². The van der Waals surface area contributed by atoms with E-state index in [-0.39, 0.29) is 5.56 Å². The second kappa shape index (κ2) is 4.55. The third kappa shape index (κ3) is 2.27. The van der Waals surface area contributed by atoms with Gasteiger partial charge in [0.2, 0.25) is 0 Å². The molecule has 84 valence electrons. The van der Waals surface area contributed by atoms with Gasteiger partial charge >= 0.3 is 0 Å². The monoisotopic (exact) mass is 346 g/mol.